The van der Waals surface area contributed by atoms with E-state index in [0.717, 1.165) is 45.2 Å². The highest BCUT2D eigenvalue weighted by Gasteiger charge is 2.27. The predicted molar refractivity (Wildman–Crippen MR) is 158 cm³/mol. The van der Waals surface area contributed by atoms with Gasteiger partial charge in [0.1, 0.15) is 0 Å². The number of amides is 1. The normalized spacial score (nSPS) is 13.7. The molecule has 0 radical (unpaired) electrons. The van der Waals surface area contributed by atoms with E-state index in [0.29, 0.717) is 25.3 Å². The van der Waals surface area contributed by atoms with Crippen molar-refractivity contribution in [2.24, 2.45) is 0 Å². The number of pyridine rings is 1. The Labute approximate surface area is 236 Å². The lowest BCUT2D eigenvalue weighted by Crippen LogP contribution is -2.42. The van der Waals surface area contributed by atoms with E-state index in [2.05, 4.69) is 50.1 Å². The summed E-state index contributed by atoms with van der Waals surface area (Å²) >= 11 is 3.53. The summed E-state index contributed by atoms with van der Waals surface area (Å²) in [6.45, 7) is 1.16. The van der Waals surface area contributed by atoms with Crippen LogP contribution in [0.15, 0.2) is 95.7 Å². The fraction of sp³-hybridized carbons (Fsp3) is 0.250. The summed E-state index contributed by atoms with van der Waals surface area (Å²) in [7, 11) is 0. The van der Waals surface area contributed by atoms with Crippen LogP contribution in [0.4, 0.5) is 0 Å². The second-order valence-electron chi connectivity index (χ2n) is 10.1. The van der Waals surface area contributed by atoms with Gasteiger partial charge in [-0.15, -0.1) is 0 Å². The smallest absolute Gasteiger partial charge is 0.227 e. The van der Waals surface area contributed by atoms with Gasteiger partial charge in [0, 0.05) is 40.6 Å². The first-order valence-electron chi connectivity index (χ1n) is 13.5. The Morgan fingerprint density at radius 3 is 2.44 bits per heavy atom. The zero-order chi connectivity index (χ0) is 26.6. The third kappa shape index (κ3) is 5.64. The first kappa shape index (κ1) is 25.4. The third-order valence-electron chi connectivity index (χ3n) is 7.57. The lowest BCUT2D eigenvalue weighted by molar-refractivity contribution is -0.132. The number of halogens is 1. The molecule has 0 spiro atoms. The van der Waals surface area contributed by atoms with Crippen LogP contribution >= 0.6 is 15.9 Å². The van der Waals surface area contributed by atoms with Crippen LogP contribution in [0.25, 0.3) is 33.5 Å². The minimum atomic E-state index is 0.179. The summed E-state index contributed by atoms with van der Waals surface area (Å²) in [6.07, 6.45) is 8.36. The Bertz CT molecular complexity index is 1570. The van der Waals surface area contributed by atoms with Gasteiger partial charge in [0.15, 0.2) is 11.6 Å². The Hall–Kier alpha value is -3.84. The van der Waals surface area contributed by atoms with Gasteiger partial charge in [-0.1, -0.05) is 83.4 Å². The zero-order valence-corrected chi connectivity index (χ0v) is 23.3. The van der Waals surface area contributed by atoms with Gasteiger partial charge < -0.3 is 4.90 Å². The molecule has 2 heterocycles. The molecule has 1 fully saturated rings. The maximum absolute atomic E-state index is 13.9. The number of benzene rings is 3. The van der Waals surface area contributed by atoms with Gasteiger partial charge in [0.05, 0.1) is 13.0 Å². The van der Waals surface area contributed by atoms with Gasteiger partial charge in [-0.3, -0.25) is 9.78 Å². The van der Waals surface area contributed by atoms with E-state index in [1.165, 1.54) is 18.2 Å². The van der Waals surface area contributed by atoms with E-state index in [1.807, 2.05) is 59.3 Å². The lowest BCUT2D eigenvalue weighted by atomic mass is 10.0. The van der Waals surface area contributed by atoms with E-state index in [4.69, 9.17) is 10.1 Å². The molecular weight excluding hydrogens is 550 g/mol. The maximum Gasteiger partial charge on any atom is 0.227 e. The molecule has 196 valence electrons. The molecule has 0 aliphatic heterocycles. The molecule has 39 heavy (non-hydrogen) atoms. The number of carbonyl (C=O) groups is 1. The van der Waals surface area contributed by atoms with Crippen LogP contribution in [0.2, 0.25) is 0 Å². The Kier molecular flexibility index (Phi) is 7.50. The molecule has 1 amide bonds. The van der Waals surface area contributed by atoms with Crippen molar-refractivity contribution in [2.75, 3.05) is 6.54 Å². The number of nitrogens with zero attached hydrogens (tertiary/aromatic N) is 5. The van der Waals surface area contributed by atoms with Gasteiger partial charge in [0.25, 0.3) is 0 Å². The average Bonchev–Trinajstić information content (AvgIpc) is 3.65. The van der Waals surface area contributed by atoms with Gasteiger partial charge in [-0.2, -0.15) is 5.10 Å². The van der Waals surface area contributed by atoms with Crippen LogP contribution < -0.4 is 0 Å². The molecule has 1 aliphatic carbocycles. The maximum atomic E-state index is 13.9. The van der Waals surface area contributed by atoms with Crippen molar-refractivity contribution in [2.45, 2.75) is 44.7 Å². The summed E-state index contributed by atoms with van der Waals surface area (Å²) in [5, 5.41) is 7.21. The van der Waals surface area contributed by atoms with E-state index in [1.54, 1.807) is 12.4 Å². The molecular formula is C32H30BrN5O. The zero-order valence-electron chi connectivity index (χ0n) is 21.7. The summed E-state index contributed by atoms with van der Waals surface area (Å²) in [5.74, 6) is 1.63. The molecule has 0 bridgehead atoms. The van der Waals surface area contributed by atoms with Crippen LogP contribution in [0.3, 0.4) is 0 Å². The monoisotopic (exact) mass is 579 g/mol. The van der Waals surface area contributed by atoms with Crippen molar-refractivity contribution in [3.8, 4) is 22.8 Å². The molecule has 5 aromatic rings. The Balaban J connectivity index is 1.29. The summed E-state index contributed by atoms with van der Waals surface area (Å²) in [4.78, 5) is 25.0. The van der Waals surface area contributed by atoms with E-state index < -0.39 is 0 Å². The summed E-state index contributed by atoms with van der Waals surface area (Å²) in [6, 6.07) is 26.8. The SMILES string of the molecule is O=C(Cc1cccc2ccccc12)N(CCn1nc(-c2ccncc2)nc1-c1ccc(Br)cc1)C1CCCC1. The van der Waals surface area contributed by atoms with Crippen molar-refractivity contribution in [1.29, 1.82) is 0 Å². The number of aromatic nitrogens is 4. The minimum absolute atomic E-state index is 0.179. The molecule has 3 aromatic carbocycles. The van der Waals surface area contributed by atoms with Gasteiger partial charge >= 0.3 is 0 Å². The molecule has 6 rings (SSSR count). The second-order valence-corrected chi connectivity index (χ2v) is 11.0. The largest absolute Gasteiger partial charge is 0.338 e. The molecule has 0 unspecified atom stereocenters. The molecule has 2 aromatic heterocycles. The number of hydrogen-bond donors (Lipinski definition) is 0. The minimum Gasteiger partial charge on any atom is -0.338 e. The van der Waals surface area contributed by atoms with Crippen LogP contribution in [0.1, 0.15) is 31.2 Å². The van der Waals surface area contributed by atoms with E-state index in [-0.39, 0.29) is 11.9 Å². The van der Waals surface area contributed by atoms with Crippen LogP contribution in [-0.2, 0) is 17.8 Å². The number of hydrogen-bond acceptors (Lipinski definition) is 4. The highest BCUT2D eigenvalue weighted by atomic mass is 79.9. The number of carbonyl (C=O) groups excluding carboxylic acids is 1. The van der Waals surface area contributed by atoms with Crippen molar-refractivity contribution in [3.63, 3.8) is 0 Å². The second kappa shape index (κ2) is 11.5. The Morgan fingerprint density at radius 1 is 0.897 bits per heavy atom. The first-order chi connectivity index (χ1) is 19.2. The van der Waals surface area contributed by atoms with Crippen LogP contribution in [0, 0.1) is 0 Å². The first-order valence-corrected chi connectivity index (χ1v) is 14.3. The van der Waals surface area contributed by atoms with Crippen LogP contribution in [-0.4, -0.2) is 43.1 Å². The van der Waals surface area contributed by atoms with Crippen molar-refractivity contribution < 1.29 is 4.79 Å². The van der Waals surface area contributed by atoms with Gasteiger partial charge in [-0.05, 0) is 53.4 Å². The van der Waals surface area contributed by atoms with Crippen LogP contribution in [0.5, 0.6) is 0 Å². The number of rotatable bonds is 8. The standard InChI is InChI=1S/C32H30BrN5O/c33-27-14-12-25(13-15-27)32-35-31(24-16-18-34-19-17-24)36-38(32)21-20-37(28-9-2-3-10-28)30(39)22-26-8-5-7-23-6-1-4-11-29(23)26/h1,4-8,11-19,28H,2-3,9-10,20-22H2. The molecule has 1 saturated carbocycles. The van der Waals surface area contributed by atoms with Crippen molar-refractivity contribution >= 4 is 32.6 Å². The molecule has 0 atom stereocenters. The quantitative estimate of drug-likeness (QED) is 0.200. The lowest BCUT2D eigenvalue weighted by Gasteiger charge is -2.29. The fourth-order valence-corrected chi connectivity index (χ4v) is 5.84. The fourth-order valence-electron chi connectivity index (χ4n) is 5.57. The topological polar surface area (TPSA) is 63.9 Å². The molecule has 0 saturated heterocycles. The molecule has 6 nitrogen and oxygen atoms in total. The third-order valence-corrected chi connectivity index (χ3v) is 8.10. The summed E-state index contributed by atoms with van der Waals surface area (Å²) < 4.78 is 2.96. The molecule has 1 aliphatic rings. The summed E-state index contributed by atoms with van der Waals surface area (Å²) in [5.41, 5.74) is 2.99. The van der Waals surface area contributed by atoms with E-state index >= 15 is 0 Å². The highest BCUT2D eigenvalue weighted by Crippen LogP contribution is 2.27. The number of fused-ring (bicyclic) bond motifs is 1. The highest BCUT2D eigenvalue weighted by molar-refractivity contribution is 9.10. The van der Waals surface area contributed by atoms with E-state index in [9.17, 15) is 4.79 Å². The molecule has 0 N–H and O–H groups in total. The van der Waals surface area contributed by atoms with Gasteiger partial charge in [-0.25, -0.2) is 9.67 Å². The molecule has 7 heteroatoms. The van der Waals surface area contributed by atoms with Crippen molar-refractivity contribution in [1.82, 2.24) is 24.6 Å². The predicted octanol–water partition coefficient (Wildman–Crippen LogP) is 6.94. The average molecular weight is 581 g/mol. The van der Waals surface area contributed by atoms with Gasteiger partial charge in [0.2, 0.25) is 5.91 Å². The Morgan fingerprint density at radius 2 is 1.64 bits per heavy atom. The van der Waals surface area contributed by atoms with Crippen molar-refractivity contribution in [3.05, 3.63) is 101 Å².